The summed E-state index contributed by atoms with van der Waals surface area (Å²) >= 11 is 11.9. The first kappa shape index (κ1) is 21.6. The molecule has 0 aliphatic carbocycles. The molecule has 0 bridgehead atoms. The molecule has 28 heavy (non-hydrogen) atoms. The molecule has 0 aliphatic heterocycles. The number of rotatable bonds is 10. The van der Waals surface area contributed by atoms with Crippen molar-refractivity contribution in [1.29, 1.82) is 0 Å². The van der Waals surface area contributed by atoms with E-state index >= 15 is 0 Å². The Morgan fingerprint density at radius 2 is 1.07 bits per heavy atom. The molecule has 148 valence electrons. The minimum Gasteiger partial charge on any atom is -0.488 e. The van der Waals surface area contributed by atoms with Crippen LogP contribution in [-0.2, 0) is 19.1 Å². The quantitative estimate of drug-likeness (QED) is 0.324. The molecule has 0 radical (unpaired) electrons. The number of esters is 2. The van der Waals surface area contributed by atoms with Gasteiger partial charge in [-0.25, -0.2) is 9.59 Å². The summed E-state index contributed by atoms with van der Waals surface area (Å²) < 4.78 is 20.6. The number of ether oxygens (including phenoxy) is 4. The monoisotopic (exact) mass is 424 g/mol. The van der Waals surface area contributed by atoms with Crippen LogP contribution in [0.1, 0.15) is 0 Å². The standard InChI is InChI=1S/C20H18Cl2O6/c21-15-5-1-3-7-17(15)25-11-13-27-19(23)9-10-20(24)28-14-12-26-18-8-4-2-6-16(18)22/h1-10H,11-14H2. The van der Waals surface area contributed by atoms with Crippen molar-refractivity contribution in [3.05, 3.63) is 70.7 Å². The molecule has 0 amide bonds. The van der Waals surface area contributed by atoms with Crippen LogP contribution in [0.3, 0.4) is 0 Å². The minimum atomic E-state index is -0.688. The maximum atomic E-state index is 11.5. The summed E-state index contributed by atoms with van der Waals surface area (Å²) in [6, 6.07) is 13.9. The first-order valence-corrected chi connectivity index (χ1v) is 9.08. The van der Waals surface area contributed by atoms with Gasteiger partial charge in [-0.2, -0.15) is 0 Å². The Bertz CT molecular complexity index is 754. The molecule has 0 spiro atoms. The van der Waals surface area contributed by atoms with Crippen molar-refractivity contribution in [3.8, 4) is 11.5 Å². The number of hydrogen-bond acceptors (Lipinski definition) is 6. The van der Waals surface area contributed by atoms with E-state index in [9.17, 15) is 9.59 Å². The van der Waals surface area contributed by atoms with Gasteiger partial charge in [-0.1, -0.05) is 47.5 Å². The average Bonchev–Trinajstić information content (AvgIpc) is 2.69. The van der Waals surface area contributed by atoms with Gasteiger partial charge in [-0.3, -0.25) is 0 Å². The first-order valence-electron chi connectivity index (χ1n) is 8.32. The van der Waals surface area contributed by atoms with Gasteiger partial charge in [-0.05, 0) is 24.3 Å². The van der Waals surface area contributed by atoms with Crippen LogP contribution in [0.2, 0.25) is 10.0 Å². The molecular formula is C20H18Cl2O6. The van der Waals surface area contributed by atoms with E-state index in [0.717, 1.165) is 12.2 Å². The number of para-hydroxylation sites is 2. The van der Waals surface area contributed by atoms with Crippen molar-refractivity contribution >= 4 is 35.1 Å². The zero-order chi connectivity index (χ0) is 20.2. The molecule has 6 nitrogen and oxygen atoms in total. The molecule has 0 aliphatic rings. The number of carbonyl (C=O) groups excluding carboxylic acids is 2. The van der Waals surface area contributed by atoms with Gasteiger partial charge in [0.1, 0.15) is 37.9 Å². The third-order valence-corrected chi connectivity index (χ3v) is 3.82. The highest BCUT2D eigenvalue weighted by Gasteiger charge is 2.04. The van der Waals surface area contributed by atoms with Gasteiger partial charge in [0.15, 0.2) is 0 Å². The molecule has 2 aromatic carbocycles. The Balaban J connectivity index is 1.57. The molecule has 0 N–H and O–H groups in total. The van der Waals surface area contributed by atoms with Crippen molar-refractivity contribution in [2.24, 2.45) is 0 Å². The highest BCUT2D eigenvalue weighted by Crippen LogP contribution is 2.23. The Morgan fingerprint density at radius 1 is 0.679 bits per heavy atom. The van der Waals surface area contributed by atoms with Crippen LogP contribution in [-0.4, -0.2) is 38.4 Å². The summed E-state index contributed by atoms with van der Waals surface area (Å²) in [6.45, 7) is 0.282. The fourth-order valence-electron chi connectivity index (χ4n) is 1.94. The van der Waals surface area contributed by atoms with Gasteiger partial charge < -0.3 is 18.9 Å². The zero-order valence-electron chi connectivity index (χ0n) is 14.8. The molecule has 0 heterocycles. The van der Waals surface area contributed by atoms with Crippen molar-refractivity contribution in [2.75, 3.05) is 26.4 Å². The van der Waals surface area contributed by atoms with Crippen LogP contribution in [0.4, 0.5) is 0 Å². The number of benzene rings is 2. The number of carbonyl (C=O) groups is 2. The molecule has 0 saturated heterocycles. The maximum absolute atomic E-state index is 11.5. The van der Waals surface area contributed by atoms with Gasteiger partial charge in [-0.15, -0.1) is 0 Å². The Morgan fingerprint density at radius 3 is 1.46 bits per heavy atom. The second-order valence-corrected chi connectivity index (χ2v) is 6.04. The lowest BCUT2D eigenvalue weighted by molar-refractivity contribution is -0.141. The maximum Gasteiger partial charge on any atom is 0.331 e. The van der Waals surface area contributed by atoms with Gasteiger partial charge in [0.2, 0.25) is 0 Å². The first-order chi connectivity index (χ1) is 13.6. The van der Waals surface area contributed by atoms with E-state index in [0.29, 0.717) is 21.5 Å². The summed E-state index contributed by atoms with van der Waals surface area (Å²) in [7, 11) is 0. The summed E-state index contributed by atoms with van der Waals surface area (Å²) in [5.74, 6) is -0.379. The molecule has 0 unspecified atom stereocenters. The van der Waals surface area contributed by atoms with E-state index in [4.69, 9.17) is 42.1 Å². The molecule has 2 aromatic rings. The van der Waals surface area contributed by atoms with E-state index < -0.39 is 11.9 Å². The fraction of sp³-hybridized carbons (Fsp3) is 0.200. The zero-order valence-corrected chi connectivity index (χ0v) is 16.3. The molecular weight excluding hydrogens is 407 g/mol. The van der Waals surface area contributed by atoms with E-state index in [2.05, 4.69) is 0 Å². The Labute approximate surface area is 172 Å². The van der Waals surface area contributed by atoms with Crippen LogP contribution in [0.5, 0.6) is 11.5 Å². The van der Waals surface area contributed by atoms with Crippen LogP contribution in [0, 0.1) is 0 Å². The lowest BCUT2D eigenvalue weighted by atomic mass is 10.3. The average molecular weight is 425 g/mol. The van der Waals surface area contributed by atoms with Crippen LogP contribution < -0.4 is 9.47 Å². The smallest absolute Gasteiger partial charge is 0.331 e. The second-order valence-electron chi connectivity index (χ2n) is 5.23. The third kappa shape index (κ3) is 7.90. The SMILES string of the molecule is O=C(C=CC(=O)OCCOc1ccccc1Cl)OCCOc1ccccc1Cl. The molecule has 0 fully saturated rings. The predicted molar refractivity (Wildman–Crippen MR) is 105 cm³/mol. The number of hydrogen-bond donors (Lipinski definition) is 0. The van der Waals surface area contributed by atoms with Crippen LogP contribution in [0.25, 0.3) is 0 Å². The Kier molecular flexibility index (Phi) is 9.18. The number of halogens is 2. The Hall–Kier alpha value is -2.70. The topological polar surface area (TPSA) is 71.1 Å². The third-order valence-electron chi connectivity index (χ3n) is 3.20. The normalized spacial score (nSPS) is 10.5. The van der Waals surface area contributed by atoms with Crippen molar-refractivity contribution < 1.29 is 28.5 Å². The second kappa shape index (κ2) is 11.9. The minimum absolute atomic E-state index is 0.00905. The van der Waals surface area contributed by atoms with Crippen LogP contribution in [0.15, 0.2) is 60.7 Å². The van der Waals surface area contributed by atoms with Gasteiger partial charge >= 0.3 is 11.9 Å². The highest BCUT2D eigenvalue weighted by atomic mass is 35.5. The van der Waals surface area contributed by atoms with E-state index in [1.165, 1.54) is 0 Å². The molecule has 8 heteroatoms. The molecule has 0 atom stereocenters. The predicted octanol–water partition coefficient (Wildman–Crippen LogP) is 4.09. The summed E-state index contributed by atoms with van der Waals surface area (Å²) in [4.78, 5) is 23.1. The highest BCUT2D eigenvalue weighted by molar-refractivity contribution is 6.32. The van der Waals surface area contributed by atoms with Crippen molar-refractivity contribution in [2.45, 2.75) is 0 Å². The largest absolute Gasteiger partial charge is 0.488 e. The van der Waals surface area contributed by atoms with Gasteiger partial charge in [0, 0.05) is 12.2 Å². The van der Waals surface area contributed by atoms with Crippen LogP contribution >= 0.6 is 23.2 Å². The van der Waals surface area contributed by atoms with E-state index in [-0.39, 0.29) is 26.4 Å². The summed E-state index contributed by atoms with van der Waals surface area (Å²) in [5, 5.41) is 0.935. The van der Waals surface area contributed by atoms with Gasteiger partial charge in [0.05, 0.1) is 10.0 Å². The summed E-state index contributed by atoms with van der Waals surface area (Å²) in [6.07, 6.45) is 1.96. The summed E-state index contributed by atoms with van der Waals surface area (Å²) in [5.41, 5.74) is 0. The fourth-order valence-corrected chi connectivity index (χ4v) is 2.32. The van der Waals surface area contributed by atoms with Crippen molar-refractivity contribution in [1.82, 2.24) is 0 Å². The molecule has 0 aromatic heterocycles. The molecule has 0 saturated carbocycles. The van der Waals surface area contributed by atoms with Gasteiger partial charge in [0.25, 0.3) is 0 Å². The van der Waals surface area contributed by atoms with Crippen molar-refractivity contribution in [3.63, 3.8) is 0 Å². The van der Waals surface area contributed by atoms with E-state index in [1.54, 1.807) is 48.5 Å². The lowest BCUT2D eigenvalue weighted by Gasteiger charge is -2.08. The molecule has 2 rings (SSSR count). The lowest BCUT2D eigenvalue weighted by Crippen LogP contribution is -2.12. The van der Waals surface area contributed by atoms with E-state index in [1.807, 2.05) is 0 Å².